The van der Waals surface area contributed by atoms with E-state index in [-0.39, 0.29) is 35.8 Å². The van der Waals surface area contributed by atoms with Gasteiger partial charge in [0.15, 0.2) is 5.82 Å². The van der Waals surface area contributed by atoms with E-state index in [1.165, 1.54) is 6.20 Å². The molecule has 4 heterocycles. The van der Waals surface area contributed by atoms with Gasteiger partial charge in [-0.3, -0.25) is 4.79 Å². The third-order valence-electron chi connectivity index (χ3n) is 6.62. The number of imidazole rings is 1. The van der Waals surface area contributed by atoms with Crippen molar-refractivity contribution >= 4 is 17.5 Å². The molecule has 1 N–H and O–H groups in total. The molecule has 0 radical (unpaired) electrons. The van der Waals surface area contributed by atoms with Crippen molar-refractivity contribution in [3.8, 4) is 11.4 Å². The predicted molar refractivity (Wildman–Crippen MR) is 133 cm³/mol. The highest BCUT2D eigenvalue weighted by molar-refractivity contribution is 5.94. The smallest absolute Gasteiger partial charge is 0.254 e. The molecular weight excluding hydrogens is 463 g/mol. The molecule has 36 heavy (non-hydrogen) atoms. The normalized spacial score (nSPS) is 20.9. The number of carbonyl (C=O) groups excluding carboxylic acids is 1. The van der Waals surface area contributed by atoms with E-state index in [2.05, 4.69) is 20.3 Å². The van der Waals surface area contributed by atoms with Crippen molar-refractivity contribution in [2.24, 2.45) is 0 Å². The van der Waals surface area contributed by atoms with Crippen LogP contribution >= 0.6 is 0 Å². The lowest BCUT2D eigenvalue weighted by Gasteiger charge is -2.35. The molecule has 0 spiro atoms. The molecule has 0 bridgehead atoms. The average molecular weight is 495 g/mol. The van der Waals surface area contributed by atoms with Crippen LogP contribution in [0.1, 0.15) is 48.9 Å². The number of hydrogen-bond acceptors (Lipinski definition) is 7. The molecule has 2 aliphatic heterocycles. The molecule has 190 valence electrons. The molecule has 2 saturated heterocycles. The van der Waals surface area contributed by atoms with Crippen molar-refractivity contribution in [2.45, 2.75) is 51.9 Å². The van der Waals surface area contributed by atoms with E-state index in [0.717, 1.165) is 18.7 Å². The molecule has 2 aliphatic rings. The van der Waals surface area contributed by atoms with Crippen LogP contribution in [0.25, 0.3) is 11.4 Å². The fraction of sp³-hybridized carbons (Fsp3) is 0.462. The topological polar surface area (TPSA) is 94.4 Å². The van der Waals surface area contributed by atoms with Crippen molar-refractivity contribution in [3.05, 3.63) is 53.9 Å². The Kier molecular flexibility index (Phi) is 6.97. The lowest BCUT2D eigenvalue weighted by molar-refractivity contribution is -0.0586. The molecule has 2 aromatic heterocycles. The molecule has 0 saturated carbocycles. The summed E-state index contributed by atoms with van der Waals surface area (Å²) in [6, 6.07) is 7.31. The number of halogens is 1. The number of anilines is 2. The number of rotatable bonds is 5. The zero-order chi connectivity index (χ0) is 25.2. The maximum Gasteiger partial charge on any atom is 0.254 e. The first kappa shape index (κ1) is 24.3. The maximum absolute atomic E-state index is 14.9. The van der Waals surface area contributed by atoms with Crippen LogP contribution in [0.5, 0.6) is 0 Å². The van der Waals surface area contributed by atoms with E-state index in [1.54, 1.807) is 30.5 Å². The van der Waals surface area contributed by atoms with Crippen molar-refractivity contribution in [1.29, 1.82) is 0 Å². The van der Waals surface area contributed by atoms with Gasteiger partial charge < -0.3 is 24.3 Å². The maximum atomic E-state index is 14.9. The van der Waals surface area contributed by atoms with Gasteiger partial charge in [-0.25, -0.2) is 19.3 Å². The van der Waals surface area contributed by atoms with Crippen LogP contribution in [0.15, 0.2) is 36.7 Å². The number of amides is 1. The summed E-state index contributed by atoms with van der Waals surface area (Å²) in [7, 11) is 0. The SMILES string of the molecule is Cc1ncc(-c2nc(Nc3ccc(C(=O)N4CC(C)OC(C)C4)cc3)ncc2F)n1C1CCOCC1. The van der Waals surface area contributed by atoms with Crippen LogP contribution < -0.4 is 5.32 Å². The Balaban J connectivity index is 1.34. The standard InChI is InChI=1S/C26H31FN6O3/c1-16-14-32(15-17(2)36-16)25(34)19-4-6-20(7-5-19)30-26-29-12-22(27)24(31-26)23-13-28-18(3)33(23)21-8-10-35-11-9-21/h4-7,12-13,16-17,21H,8-11,14-15H2,1-3H3,(H,29,30,31). The molecule has 5 rings (SSSR count). The molecule has 9 nitrogen and oxygen atoms in total. The van der Waals surface area contributed by atoms with Gasteiger partial charge in [0.05, 0.1) is 30.3 Å². The van der Waals surface area contributed by atoms with Crippen molar-refractivity contribution < 1.29 is 18.7 Å². The van der Waals surface area contributed by atoms with Gasteiger partial charge >= 0.3 is 0 Å². The molecule has 2 fully saturated rings. The van der Waals surface area contributed by atoms with Crippen LogP contribution in [0.4, 0.5) is 16.0 Å². The number of morpholine rings is 1. The monoisotopic (exact) mass is 494 g/mol. The van der Waals surface area contributed by atoms with Crippen molar-refractivity contribution in [2.75, 3.05) is 31.6 Å². The van der Waals surface area contributed by atoms with Gasteiger partial charge in [0.1, 0.15) is 11.5 Å². The van der Waals surface area contributed by atoms with Gasteiger partial charge in [0, 0.05) is 43.6 Å². The average Bonchev–Trinajstić information content (AvgIpc) is 3.26. The largest absolute Gasteiger partial charge is 0.381 e. The fourth-order valence-corrected chi connectivity index (χ4v) is 4.99. The summed E-state index contributed by atoms with van der Waals surface area (Å²) in [5, 5.41) is 3.12. The van der Waals surface area contributed by atoms with E-state index in [1.807, 2.05) is 30.2 Å². The summed E-state index contributed by atoms with van der Waals surface area (Å²) in [5.41, 5.74) is 2.11. The Morgan fingerprint density at radius 2 is 1.75 bits per heavy atom. The Labute approximate surface area is 209 Å². The highest BCUT2D eigenvalue weighted by Gasteiger charge is 2.27. The first-order valence-corrected chi connectivity index (χ1v) is 12.4. The third kappa shape index (κ3) is 5.10. The van der Waals surface area contributed by atoms with Crippen molar-refractivity contribution in [3.63, 3.8) is 0 Å². The highest BCUT2D eigenvalue weighted by Crippen LogP contribution is 2.31. The summed E-state index contributed by atoms with van der Waals surface area (Å²) in [5.74, 6) is 0.539. The number of nitrogens with zero attached hydrogens (tertiary/aromatic N) is 5. The zero-order valence-corrected chi connectivity index (χ0v) is 20.8. The predicted octanol–water partition coefficient (Wildman–Crippen LogP) is 4.13. The van der Waals surface area contributed by atoms with Crippen LogP contribution in [0.2, 0.25) is 0 Å². The summed E-state index contributed by atoms with van der Waals surface area (Å²) in [4.78, 5) is 27.8. The Morgan fingerprint density at radius 1 is 1.06 bits per heavy atom. The van der Waals surface area contributed by atoms with E-state index in [4.69, 9.17) is 9.47 Å². The minimum atomic E-state index is -0.510. The minimum Gasteiger partial charge on any atom is -0.381 e. The molecule has 10 heteroatoms. The first-order chi connectivity index (χ1) is 17.4. The van der Waals surface area contributed by atoms with Gasteiger partial charge in [0.2, 0.25) is 5.95 Å². The second-order valence-corrected chi connectivity index (χ2v) is 9.46. The number of aryl methyl sites for hydroxylation is 1. The minimum absolute atomic E-state index is 0.00926. The van der Waals surface area contributed by atoms with E-state index in [0.29, 0.717) is 43.2 Å². The zero-order valence-electron chi connectivity index (χ0n) is 20.8. The Bertz CT molecular complexity index is 1210. The quantitative estimate of drug-likeness (QED) is 0.570. The van der Waals surface area contributed by atoms with Gasteiger partial charge in [-0.2, -0.15) is 0 Å². The van der Waals surface area contributed by atoms with E-state index in [9.17, 15) is 9.18 Å². The van der Waals surface area contributed by atoms with E-state index < -0.39 is 5.82 Å². The lowest BCUT2D eigenvalue weighted by Crippen LogP contribution is -2.48. The number of nitrogens with one attached hydrogen (secondary N) is 1. The second-order valence-electron chi connectivity index (χ2n) is 9.46. The summed E-state index contributed by atoms with van der Waals surface area (Å²) in [6.07, 6.45) is 4.53. The Morgan fingerprint density at radius 3 is 2.44 bits per heavy atom. The number of benzene rings is 1. The molecular formula is C26H31FN6O3. The summed E-state index contributed by atoms with van der Waals surface area (Å²) >= 11 is 0. The van der Waals surface area contributed by atoms with Gasteiger partial charge in [-0.05, 0) is 57.9 Å². The first-order valence-electron chi connectivity index (χ1n) is 12.4. The van der Waals surface area contributed by atoms with Crippen LogP contribution in [-0.4, -0.2) is 68.8 Å². The third-order valence-corrected chi connectivity index (χ3v) is 6.62. The molecule has 0 aliphatic carbocycles. The van der Waals surface area contributed by atoms with Gasteiger partial charge in [-0.1, -0.05) is 0 Å². The molecule has 1 aromatic carbocycles. The number of hydrogen-bond donors (Lipinski definition) is 1. The lowest BCUT2D eigenvalue weighted by atomic mass is 10.1. The molecule has 2 unspecified atom stereocenters. The van der Waals surface area contributed by atoms with Crippen LogP contribution in [0, 0.1) is 12.7 Å². The van der Waals surface area contributed by atoms with Crippen LogP contribution in [0.3, 0.4) is 0 Å². The van der Waals surface area contributed by atoms with Gasteiger partial charge in [-0.15, -0.1) is 0 Å². The number of ether oxygens (including phenoxy) is 2. The second kappa shape index (κ2) is 10.3. The van der Waals surface area contributed by atoms with Gasteiger partial charge in [0.25, 0.3) is 5.91 Å². The van der Waals surface area contributed by atoms with E-state index >= 15 is 0 Å². The number of aromatic nitrogens is 4. The Hall–Kier alpha value is -3.37. The molecule has 3 aromatic rings. The summed E-state index contributed by atoms with van der Waals surface area (Å²) < 4.78 is 28.1. The molecule has 2 atom stereocenters. The summed E-state index contributed by atoms with van der Waals surface area (Å²) in [6.45, 7) is 8.33. The van der Waals surface area contributed by atoms with Crippen LogP contribution in [-0.2, 0) is 9.47 Å². The highest BCUT2D eigenvalue weighted by atomic mass is 19.1. The van der Waals surface area contributed by atoms with Crippen molar-refractivity contribution in [1.82, 2.24) is 24.4 Å². The fourth-order valence-electron chi connectivity index (χ4n) is 4.99. The molecule has 1 amide bonds. The number of carbonyl (C=O) groups is 1.